The fraction of sp³-hybridized carbons (Fsp3) is 0.158. The lowest BCUT2D eigenvalue weighted by Gasteiger charge is -2.08. The molecule has 25 heavy (non-hydrogen) atoms. The normalized spacial score (nSPS) is 10.9. The van der Waals surface area contributed by atoms with Crippen molar-refractivity contribution in [3.05, 3.63) is 53.6 Å². The van der Waals surface area contributed by atoms with Crippen LogP contribution in [0.25, 0.3) is 11.6 Å². The van der Waals surface area contributed by atoms with Gasteiger partial charge in [-0.25, -0.2) is 4.79 Å². The van der Waals surface area contributed by atoms with Crippen LogP contribution in [0.5, 0.6) is 11.5 Å². The van der Waals surface area contributed by atoms with E-state index < -0.39 is 5.97 Å². The van der Waals surface area contributed by atoms with E-state index >= 15 is 0 Å². The summed E-state index contributed by atoms with van der Waals surface area (Å²) in [5.74, 6) is -0.119. The van der Waals surface area contributed by atoms with Crippen LogP contribution >= 0.6 is 0 Å². The molecule has 0 bridgehead atoms. The van der Waals surface area contributed by atoms with Gasteiger partial charge in [-0.05, 0) is 41.5 Å². The molecule has 0 aliphatic heterocycles. The van der Waals surface area contributed by atoms with E-state index in [0.29, 0.717) is 28.3 Å². The van der Waals surface area contributed by atoms with Gasteiger partial charge in [0.1, 0.15) is 11.5 Å². The maximum absolute atomic E-state index is 11.7. The highest BCUT2D eigenvalue weighted by Gasteiger charge is 2.12. The monoisotopic (exact) mass is 341 g/mol. The summed E-state index contributed by atoms with van der Waals surface area (Å²) in [7, 11) is 3.06. The van der Waals surface area contributed by atoms with Crippen LogP contribution < -0.4 is 14.8 Å². The molecule has 2 rings (SSSR count). The van der Waals surface area contributed by atoms with E-state index in [-0.39, 0.29) is 11.5 Å². The van der Waals surface area contributed by atoms with Crippen LogP contribution in [0, 0.1) is 0 Å². The van der Waals surface area contributed by atoms with Crippen molar-refractivity contribution in [2.24, 2.45) is 0 Å². The van der Waals surface area contributed by atoms with E-state index in [9.17, 15) is 14.7 Å². The van der Waals surface area contributed by atoms with E-state index in [1.54, 1.807) is 48.5 Å². The molecule has 0 spiro atoms. The molecule has 0 heterocycles. The number of hydrogen-bond acceptors (Lipinski definition) is 4. The first-order valence-electron chi connectivity index (χ1n) is 7.49. The number of amides is 1. The number of carboxylic acid groups (broad SMARTS) is 1. The summed E-state index contributed by atoms with van der Waals surface area (Å²) in [6.45, 7) is 1.41. The summed E-state index contributed by atoms with van der Waals surface area (Å²) in [5, 5.41) is 12.2. The van der Waals surface area contributed by atoms with Crippen molar-refractivity contribution >= 4 is 29.2 Å². The summed E-state index contributed by atoms with van der Waals surface area (Å²) in [5.41, 5.74) is 1.87. The molecule has 2 aromatic rings. The summed E-state index contributed by atoms with van der Waals surface area (Å²) in [6.07, 6.45) is 1.54. The smallest absolute Gasteiger partial charge is 0.336 e. The Morgan fingerprint density at radius 2 is 1.56 bits per heavy atom. The van der Waals surface area contributed by atoms with Gasteiger partial charge in [-0.1, -0.05) is 12.1 Å². The van der Waals surface area contributed by atoms with Gasteiger partial charge < -0.3 is 19.9 Å². The molecule has 0 saturated carbocycles. The largest absolute Gasteiger partial charge is 0.497 e. The fourth-order valence-corrected chi connectivity index (χ4v) is 2.28. The maximum atomic E-state index is 11.7. The Morgan fingerprint density at radius 3 is 2.00 bits per heavy atom. The Labute approximate surface area is 145 Å². The lowest BCUT2D eigenvalue weighted by atomic mass is 10.0. The minimum atomic E-state index is -1.06. The topological polar surface area (TPSA) is 84.9 Å². The van der Waals surface area contributed by atoms with E-state index in [4.69, 9.17) is 9.47 Å². The summed E-state index contributed by atoms with van der Waals surface area (Å²) < 4.78 is 10.4. The van der Waals surface area contributed by atoms with Crippen LogP contribution in [0.4, 0.5) is 5.69 Å². The number of hydrogen-bond donors (Lipinski definition) is 2. The lowest BCUT2D eigenvalue weighted by Crippen LogP contribution is -2.06. The Hall–Kier alpha value is -3.28. The molecule has 0 fully saturated rings. The minimum absolute atomic E-state index is 0.115. The first-order chi connectivity index (χ1) is 11.9. The number of methoxy groups -OCH3 is 2. The number of nitrogens with one attached hydrogen (secondary N) is 1. The van der Waals surface area contributed by atoms with Crippen molar-refractivity contribution in [2.75, 3.05) is 19.5 Å². The van der Waals surface area contributed by atoms with Gasteiger partial charge in [-0.3, -0.25) is 4.79 Å². The molecule has 6 nitrogen and oxygen atoms in total. The van der Waals surface area contributed by atoms with Crippen LogP contribution in [0.2, 0.25) is 0 Å². The third-order valence-corrected chi connectivity index (χ3v) is 3.43. The molecule has 0 aliphatic rings. The van der Waals surface area contributed by atoms with Crippen LogP contribution in [-0.2, 0) is 9.59 Å². The zero-order valence-corrected chi connectivity index (χ0v) is 14.2. The number of rotatable bonds is 6. The Bertz CT molecular complexity index is 787. The second-order valence-electron chi connectivity index (χ2n) is 5.27. The summed E-state index contributed by atoms with van der Waals surface area (Å²) >= 11 is 0. The third-order valence-electron chi connectivity index (χ3n) is 3.43. The molecule has 6 heteroatoms. The molecule has 0 radical (unpaired) electrons. The van der Waals surface area contributed by atoms with Gasteiger partial charge in [-0.2, -0.15) is 0 Å². The molecule has 0 unspecified atom stereocenters. The molecule has 0 aromatic heterocycles. The number of aliphatic carboxylic acids is 1. The molecule has 0 aliphatic carbocycles. The van der Waals surface area contributed by atoms with Crippen molar-refractivity contribution in [1.29, 1.82) is 0 Å². The number of benzene rings is 2. The van der Waals surface area contributed by atoms with Crippen molar-refractivity contribution < 1.29 is 24.2 Å². The average molecular weight is 341 g/mol. The average Bonchev–Trinajstić information content (AvgIpc) is 2.59. The number of anilines is 1. The van der Waals surface area contributed by atoms with Gasteiger partial charge in [0.15, 0.2) is 0 Å². The predicted molar refractivity (Wildman–Crippen MR) is 95.8 cm³/mol. The molecule has 130 valence electrons. The molecule has 0 saturated heterocycles. The summed E-state index contributed by atoms with van der Waals surface area (Å²) in [4.78, 5) is 22.7. The van der Waals surface area contributed by atoms with Crippen molar-refractivity contribution in [3.63, 3.8) is 0 Å². The van der Waals surface area contributed by atoms with Gasteiger partial charge in [0, 0.05) is 18.7 Å². The van der Waals surface area contributed by atoms with Crippen molar-refractivity contribution in [2.45, 2.75) is 6.92 Å². The molecule has 2 N–H and O–H groups in total. The third kappa shape index (κ3) is 4.84. The van der Waals surface area contributed by atoms with Gasteiger partial charge in [0.2, 0.25) is 5.91 Å². The van der Waals surface area contributed by atoms with Gasteiger partial charge >= 0.3 is 5.97 Å². The molecule has 0 atom stereocenters. The van der Waals surface area contributed by atoms with Crippen LogP contribution in [-0.4, -0.2) is 31.2 Å². The zero-order chi connectivity index (χ0) is 18.4. The fourth-order valence-electron chi connectivity index (χ4n) is 2.28. The SMILES string of the molecule is COc1cc(/C=C(/C(=O)O)c2ccc(NC(C)=O)cc2)cc(OC)c1. The number of carbonyl (C=O) groups excluding carboxylic acids is 1. The second kappa shape index (κ2) is 8.01. The number of ether oxygens (including phenoxy) is 2. The van der Waals surface area contributed by atoms with Crippen molar-refractivity contribution in [1.82, 2.24) is 0 Å². The van der Waals surface area contributed by atoms with Gasteiger partial charge in [0.25, 0.3) is 0 Å². The first-order valence-corrected chi connectivity index (χ1v) is 7.49. The van der Waals surface area contributed by atoms with E-state index in [2.05, 4.69) is 5.32 Å². The Balaban J connectivity index is 2.42. The van der Waals surface area contributed by atoms with Gasteiger partial charge in [0.05, 0.1) is 19.8 Å². The maximum Gasteiger partial charge on any atom is 0.336 e. The lowest BCUT2D eigenvalue weighted by molar-refractivity contribution is -0.130. The van der Waals surface area contributed by atoms with Crippen LogP contribution in [0.3, 0.4) is 0 Å². The number of carboxylic acids is 1. The second-order valence-corrected chi connectivity index (χ2v) is 5.27. The van der Waals surface area contributed by atoms with Gasteiger partial charge in [-0.15, -0.1) is 0 Å². The highest BCUT2D eigenvalue weighted by Crippen LogP contribution is 2.27. The van der Waals surface area contributed by atoms with Crippen molar-refractivity contribution in [3.8, 4) is 11.5 Å². The highest BCUT2D eigenvalue weighted by atomic mass is 16.5. The molecular formula is C19H19NO5. The standard InChI is InChI=1S/C19H19NO5/c1-12(21)20-15-6-4-14(5-7-15)18(19(22)23)10-13-8-16(24-2)11-17(9-13)25-3/h4-11H,1-3H3,(H,20,21)(H,22,23)/b18-10+. The number of carbonyl (C=O) groups is 2. The molecule has 2 aromatic carbocycles. The van der Waals surface area contributed by atoms with Crippen LogP contribution in [0.1, 0.15) is 18.1 Å². The molecule has 1 amide bonds. The van der Waals surface area contributed by atoms with Crippen LogP contribution in [0.15, 0.2) is 42.5 Å². The minimum Gasteiger partial charge on any atom is -0.497 e. The zero-order valence-electron chi connectivity index (χ0n) is 14.2. The van der Waals surface area contributed by atoms with E-state index in [1.165, 1.54) is 21.1 Å². The first kappa shape index (κ1) is 18.1. The van der Waals surface area contributed by atoms with E-state index in [1.807, 2.05) is 0 Å². The Morgan fingerprint density at radius 1 is 1.00 bits per heavy atom. The quantitative estimate of drug-likeness (QED) is 0.622. The molecular weight excluding hydrogens is 322 g/mol. The predicted octanol–water partition coefficient (Wildman–Crippen LogP) is 3.29. The Kier molecular flexibility index (Phi) is 5.79. The highest BCUT2D eigenvalue weighted by molar-refractivity contribution is 6.20. The summed E-state index contributed by atoms with van der Waals surface area (Å²) in [6, 6.07) is 11.7. The van der Waals surface area contributed by atoms with E-state index in [0.717, 1.165) is 0 Å².